The summed E-state index contributed by atoms with van der Waals surface area (Å²) in [6.45, 7) is 6.98. The van der Waals surface area contributed by atoms with Gasteiger partial charge in [0, 0.05) is 6.54 Å². The molecule has 0 spiro atoms. The van der Waals surface area contributed by atoms with E-state index in [-0.39, 0.29) is 12.2 Å². The topological polar surface area (TPSA) is 64.8 Å². The van der Waals surface area contributed by atoms with Crippen molar-refractivity contribution in [1.29, 1.82) is 0 Å². The van der Waals surface area contributed by atoms with E-state index in [0.29, 0.717) is 25.4 Å². The van der Waals surface area contributed by atoms with Crippen LogP contribution < -0.4 is 0 Å². The molecule has 0 radical (unpaired) electrons. The van der Waals surface area contributed by atoms with E-state index in [1.807, 2.05) is 20.8 Å². The van der Waals surface area contributed by atoms with Gasteiger partial charge < -0.3 is 18.8 Å². The van der Waals surface area contributed by atoms with Crippen LogP contribution in [0.2, 0.25) is 0 Å². The Balaban J connectivity index is 1.96. The molecular weight excluding hydrogens is 236 g/mol. The van der Waals surface area contributed by atoms with Crippen molar-refractivity contribution in [2.45, 2.75) is 32.5 Å². The fraction of sp³-hybridized carbons (Fsp3) is 0.667. The minimum absolute atomic E-state index is 0.245. The molecule has 100 valence electrons. The Hall–Kier alpha value is -1.56. The first kappa shape index (κ1) is 12.9. The van der Waals surface area contributed by atoms with Gasteiger partial charge in [0.05, 0.1) is 13.2 Å². The summed E-state index contributed by atoms with van der Waals surface area (Å²) in [7, 11) is 0. The average molecular weight is 254 g/mol. The van der Waals surface area contributed by atoms with E-state index < -0.39 is 5.60 Å². The van der Waals surface area contributed by atoms with Gasteiger partial charge in [-0.05, 0) is 20.8 Å². The average Bonchev–Trinajstić information content (AvgIpc) is 2.80. The summed E-state index contributed by atoms with van der Waals surface area (Å²) in [6, 6.07) is 0. The Morgan fingerprint density at radius 2 is 2.33 bits per heavy atom. The lowest BCUT2D eigenvalue weighted by atomic mass is 10.2. The SMILES string of the molecule is CC(C)(C)OC(=O)N1CCOC(c2cocn2)C1. The number of rotatable bonds is 1. The van der Waals surface area contributed by atoms with E-state index in [0.717, 1.165) is 0 Å². The Morgan fingerprint density at radius 3 is 2.94 bits per heavy atom. The summed E-state index contributed by atoms with van der Waals surface area (Å²) in [4.78, 5) is 17.6. The standard InChI is InChI=1S/C12H18N2O4/c1-12(2,3)18-11(15)14-4-5-17-10(6-14)9-7-16-8-13-9/h7-8,10H,4-6H2,1-3H3. The second kappa shape index (κ2) is 4.97. The van der Waals surface area contributed by atoms with Gasteiger partial charge in [-0.1, -0.05) is 0 Å². The van der Waals surface area contributed by atoms with Crippen LogP contribution in [0.25, 0.3) is 0 Å². The largest absolute Gasteiger partial charge is 0.451 e. The molecule has 18 heavy (non-hydrogen) atoms. The first-order valence-corrected chi connectivity index (χ1v) is 5.93. The smallest absolute Gasteiger partial charge is 0.410 e. The highest BCUT2D eigenvalue weighted by atomic mass is 16.6. The molecule has 0 aliphatic carbocycles. The second-order valence-corrected chi connectivity index (χ2v) is 5.20. The first-order valence-electron chi connectivity index (χ1n) is 5.93. The van der Waals surface area contributed by atoms with E-state index in [1.54, 1.807) is 4.90 Å². The van der Waals surface area contributed by atoms with Gasteiger partial charge >= 0.3 is 6.09 Å². The zero-order chi connectivity index (χ0) is 13.2. The Bertz CT molecular complexity index is 397. The highest BCUT2D eigenvalue weighted by Gasteiger charge is 2.29. The van der Waals surface area contributed by atoms with Crippen molar-refractivity contribution in [3.8, 4) is 0 Å². The zero-order valence-electron chi connectivity index (χ0n) is 10.9. The highest BCUT2D eigenvalue weighted by molar-refractivity contribution is 5.68. The molecule has 1 aliphatic rings. The molecule has 0 bridgehead atoms. The zero-order valence-corrected chi connectivity index (χ0v) is 10.9. The Kier molecular flexibility index (Phi) is 3.56. The van der Waals surface area contributed by atoms with Gasteiger partial charge in [-0.2, -0.15) is 0 Å². The predicted octanol–water partition coefficient (Wildman–Crippen LogP) is 1.98. The maximum atomic E-state index is 11.9. The number of hydrogen-bond donors (Lipinski definition) is 0. The van der Waals surface area contributed by atoms with Crippen LogP contribution in [-0.2, 0) is 9.47 Å². The maximum absolute atomic E-state index is 11.9. The van der Waals surface area contributed by atoms with Crippen molar-refractivity contribution in [3.05, 3.63) is 18.4 Å². The number of carbonyl (C=O) groups excluding carboxylic acids is 1. The Labute approximate surface area is 106 Å². The van der Waals surface area contributed by atoms with E-state index in [9.17, 15) is 4.79 Å². The molecule has 0 aromatic carbocycles. The van der Waals surface area contributed by atoms with E-state index in [4.69, 9.17) is 13.9 Å². The molecule has 1 aromatic rings. The number of nitrogens with zero attached hydrogens (tertiary/aromatic N) is 2. The molecule has 6 nitrogen and oxygen atoms in total. The minimum Gasteiger partial charge on any atom is -0.451 e. The summed E-state index contributed by atoms with van der Waals surface area (Å²) < 4.78 is 15.8. The molecule has 1 aromatic heterocycles. The molecule has 1 saturated heterocycles. The third-order valence-corrected chi connectivity index (χ3v) is 2.50. The minimum atomic E-state index is -0.487. The van der Waals surface area contributed by atoms with Crippen molar-refractivity contribution in [2.75, 3.05) is 19.7 Å². The van der Waals surface area contributed by atoms with Crippen LogP contribution in [0.4, 0.5) is 4.79 Å². The van der Waals surface area contributed by atoms with Crippen molar-refractivity contribution < 1.29 is 18.7 Å². The van der Waals surface area contributed by atoms with Crippen LogP contribution in [0.5, 0.6) is 0 Å². The number of morpholine rings is 1. The second-order valence-electron chi connectivity index (χ2n) is 5.20. The van der Waals surface area contributed by atoms with Gasteiger partial charge in [-0.3, -0.25) is 0 Å². The molecule has 2 rings (SSSR count). The van der Waals surface area contributed by atoms with Crippen LogP contribution in [-0.4, -0.2) is 41.3 Å². The number of aromatic nitrogens is 1. The van der Waals surface area contributed by atoms with Crippen molar-refractivity contribution in [2.24, 2.45) is 0 Å². The lowest BCUT2D eigenvalue weighted by molar-refractivity contribution is -0.0447. The molecule has 6 heteroatoms. The van der Waals surface area contributed by atoms with Crippen LogP contribution in [0.3, 0.4) is 0 Å². The fourth-order valence-corrected chi connectivity index (χ4v) is 1.70. The van der Waals surface area contributed by atoms with Crippen molar-refractivity contribution >= 4 is 6.09 Å². The molecule has 0 saturated carbocycles. The van der Waals surface area contributed by atoms with E-state index in [1.165, 1.54) is 12.7 Å². The molecule has 2 heterocycles. The normalized spacial score (nSPS) is 20.8. The number of oxazole rings is 1. The van der Waals surface area contributed by atoms with Gasteiger partial charge in [0.2, 0.25) is 0 Å². The van der Waals surface area contributed by atoms with Crippen LogP contribution in [0.1, 0.15) is 32.6 Å². The molecule has 0 N–H and O–H groups in total. The monoisotopic (exact) mass is 254 g/mol. The molecular formula is C12H18N2O4. The third kappa shape index (κ3) is 3.22. The summed E-state index contributed by atoms with van der Waals surface area (Å²) in [5, 5.41) is 0. The fourth-order valence-electron chi connectivity index (χ4n) is 1.70. The van der Waals surface area contributed by atoms with Gasteiger partial charge in [0.1, 0.15) is 23.7 Å². The molecule has 1 unspecified atom stereocenters. The van der Waals surface area contributed by atoms with Crippen LogP contribution in [0.15, 0.2) is 17.1 Å². The van der Waals surface area contributed by atoms with Crippen LogP contribution in [0, 0.1) is 0 Å². The van der Waals surface area contributed by atoms with Gasteiger partial charge in [-0.15, -0.1) is 0 Å². The van der Waals surface area contributed by atoms with Crippen molar-refractivity contribution in [3.63, 3.8) is 0 Å². The van der Waals surface area contributed by atoms with Crippen LogP contribution >= 0.6 is 0 Å². The number of hydrogen-bond acceptors (Lipinski definition) is 5. The summed E-state index contributed by atoms with van der Waals surface area (Å²) in [5.41, 5.74) is 0.210. The van der Waals surface area contributed by atoms with Crippen molar-refractivity contribution in [1.82, 2.24) is 9.88 Å². The molecule has 1 atom stereocenters. The third-order valence-electron chi connectivity index (χ3n) is 2.50. The molecule has 1 aliphatic heterocycles. The van der Waals surface area contributed by atoms with E-state index >= 15 is 0 Å². The lowest BCUT2D eigenvalue weighted by Crippen LogP contribution is -2.44. The molecule has 1 fully saturated rings. The quantitative estimate of drug-likeness (QED) is 0.766. The number of amides is 1. The maximum Gasteiger partial charge on any atom is 0.410 e. The predicted molar refractivity (Wildman–Crippen MR) is 63.0 cm³/mol. The van der Waals surface area contributed by atoms with E-state index in [2.05, 4.69) is 4.98 Å². The van der Waals surface area contributed by atoms with Gasteiger partial charge in [-0.25, -0.2) is 9.78 Å². The summed E-state index contributed by atoms with van der Waals surface area (Å²) >= 11 is 0. The first-order chi connectivity index (χ1) is 8.46. The summed E-state index contributed by atoms with van der Waals surface area (Å²) in [5.74, 6) is 0. The summed E-state index contributed by atoms with van der Waals surface area (Å²) in [6.07, 6.45) is 2.32. The van der Waals surface area contributed by atoms with Gasteiger partial charge in [0.25, 0.3) is 0 Å². The number of carbonyl (C=O) groups is 1. The Morgan fingerprint density at radius 1 is 1.56 bits per heavy atom. The number of ether oxygens (including phenoxy) is 2. The lowest BCUT2D eigenvalue weighted by Gasteiger charge is -2.33. The molecule has 1 amide bonds. The highest BCUT2D eigenvalue weighted by Crippen LogP contribution is 2.22. The van der Waals surface area contributed by atoms with Gasteiger partial charge in [0.15, 0.2) is 6.39 Å².